The van der Waals surface area contributed by atoms with Crippen molar-refractivity contribution in [1.29, 1.82) is 0 Å². The Morgan fingerprint density at radius 2 is 2.22 bits per heavy atom. The summed E-state index contributed by atoms with van der Waals surface area (Å²) >= 11 is 0. The van der Waals surface area contributed by atoms with E-state index in [1.165, 1.54) is 0 Å². The molecule has 1 aliphatic heterocycles. The van der Waals surface area contributed by atoms with Crippen LogP contribution in [0.1, 0.15) is 58.9 Å². The summed E-state index contributed by atoms with van der Waals surface area (Å²) in [6.45, 7) is 8.04. The predicted molar refractivity (Wildman–Crippen MR) is 99.0 cm³/mol. The number of ether oxygens (including phenoxy) is 1. The minimum absolute atomic E-state index is 0.0489. The van der Waals surface area contributed by atoms with Gasteiger partial charge in [0.05, 0.1) is 18.4 Å². The van der Waals surface area contributed by atoms with Crippen LogP contribution in [0.2, 0.25) is 0 Å². The van der Waals surface area contributed by atoms with E-state index in [-0.39, 0.29) is 22.9 Å². The summed E-state index contributed by atoms with van der Waals surface area (Å²) in [6.07, 6.45) is 3.78. The number of aromatic nitrogens is 2. The topological polar surface area (TPSA) is 86.4 Å². The van der Waals surface area contributed by atoms with Crippen molar-refractivity contribution in [3.8, 4) is 0 Å². The van der Waals surface area contributed by atoms with Crippen molar-refractivity contribution in [2.75, 3.05) is 18.5 Å². The van der Waals surface area contributed by atoms with E-state index < -0.39 is 0 Å². The fourth-order valence-corrected chi connectivity index (χ4v) is 4.03. The molecule has 2 aromatic heterocycles. The number of rotatable bonds is 4. The van der Waals surface area contributed by atoms with Crippen molar-refractivity contribution in [1.82, 2.24) is 9.78 Å². The number of nitrogens with one attached hydrogen (secondary N) is 1. The number of furan rings is 1. The lowest BCUT2D eigenvalue weighted by atomic mass is 9.76. The van der Waals surface area contributed by atoms with E-state index in [1.54, 1.807) is 23.9 Å². The van der Waals surface area contributed by atoms with E-state index in [0.29, 0.717) is 48.0 Å². The summed E-state index contributed by atoms with van der Waals surface area (Å²) < 4.78 is 13.0. The van der Waals surface area contributed by atoms with Crippen molar-refractivity contribution in [3.05, 3.63) is 34.9 Å². The Morgan fingerprint density at radius 1 is 1.41 bits per heavy atom. The lowest BCUT2D eigenvalue weighted by Gasteiger charge is -2.27. The number of ketones is 1. The minimum atomic E-state index is -0.350. The SMILES string of the molecule is Cc1c(C(=O)Nc2ccnn2CC2CCOC2)oc2c1C(=O)CC(C)(C)C2. The molecule has 1 unspecified atom stereocenters. The van der Waals surface area contributed by atoms with Crippen LogP contribution < -0.4 is 5.32 Å². The van der Waals surface area contributed by atoms with Gasteiger partial charge in [0.15, 0.2) is 11.5 Å². The zero-order valence-corrected chi connectivity index (χ0v) is 16.0. The highest BCUT2D eigenvalue weighted by atomic mass is 16.5. The molecule has 2 aromatic rings. The number of amides is 1. The van der Waals surface area contributed by atoms with Gasteiger partial charge in [-0.15, -0.1) is 0 Å². The normalized spacial score (nSPS) is 21.3. The predicted octanol–water partition coefficient (Wildman–Crippen LogP) is 3.23. The summed E-state index contributed by atoms with van der Waals surface area (Å²) in [4.78, 5) is 25.3. The van der Waals surface area contributed by atoms with E-state index in [2.05, 4.69) is 10.4 Å². The van der Waals surface area contributed by atoms with E-state index in [4.69, 9.17) is 9.15 Å². The highest BCUT2D eigenvalue weighted by Gasteiger charge is 2.37. The Morgan fingerprint density at radius 3 is 2.96 bits per heavy atom. The molecule has 0 spiro atoms. The fourth-order valence-electron chi connectivity index (χ4n) is 4.03. The van der Waals surface area contributed by atoms with Crippen LogP contribution in [-0.2, 0) is 17.7 Å². The van der Waals surface area contributed by atoms with E-state index in [0.717, 1.165) is 19.6 Å². The number of anilines is 1. The Balaban J connectivity index is 1.55. The monoisotopic (exact) mass is 371 g/mol. The third kappa shape index (κ3) is 3.43. The van der Waals surface area contributed by atoms with Crippen molar-refractivity contribution >= 4 is 17.5 Å². The van der Waals surface area contributed by atoms with Crippen LogP contribution >= 0.6 is 0 Å². The van der Waals surface area contributed by atoms with Gasteiger partial charge < -0.3 is 14.5 Å². The van der Waals surface area contributed by atoms with Gasteiger partial charge in [0.1, 0.15) is 11.6 Å². The Hall–Kier alpha value is -2.41. The van der Waals surface area contributed by atoms with Gasteiger partial charge in [0, 0.05) is 43.5 Å². The Labute approximate surface area is 158 Å². The van der Waals surface area contributed by atoms with Crippen molar-refractivity contribution < 1.29 is 18.7 Å². The molecule has 1 atom stereocenters. The van der Waals surface area contributed by atoms with Crippen LogP contribution in [0, 0.1) is 18.3 Å². The number of fused-ring (bicyclic) bond motifs is 1. The summed E-state index contributed by atoms with van der Waals surface area (Å²) in [5, 5.41) is 7.19. The smallest absolute Gasteiger partial charge is 0.292 e. The molecule has 1 amide bonds. The second-order valence-electron chi connectivity index (χ2n) is 8.38. The van der Waals surface area contributed by atoms with Gasteiger partial charge in [0.2, 0.25) is 0 Å². The van der Waals surface area contributed by atoms with Crippen molar-refractivity contribution in [2.24, 2.45) is 11.3 Å². The van der Waals surface area contributed by atoms with Gasteiger partial charge in [-0.1, -0.05) is 13.8 Å². The summed E-state index contributed by atoms with van der Waals surface area (Å²) in [5.74, 6) is 1.55. The van der Waals surface area contributed by atoms with E-state index in [9.17, 15) is 9.59 Å². The largest absolute Gasteiger partial charge is 0.455 e. The van der Waals surface area contributed by atoms with Gasteiger partial charge in [-0.25, -0.2) is 4.68 Å². The number of nitrogens with zero attached hydrogens (tertiary/aromatic N) is 2. The average molecular weight is 371 g/mol. The highest BCUT2D eigenvalue weighted by molar-refractivity contribution is 6.07. The number of carbonyl (C=O) groups is 2. The minimum Gasteiger partial charge on any atom is -0.455 e. The first kappa shape index (κ1) is 18.0. The Bertz CT molecular complexity index is 887. The quantitative estimate of drug-likeness (QED) is 0.892. The molecular weight excluding hydrogens is 346 g/mol. The van der Waals surface area contributed by atoms with E-state index >= 15 is 0 Å². The molecule has 3 heterocycles. The maximum absolute atomic E-state index is 12.8. The average Bonchev–Trinajstić information content (AvgIpc) is 3.29. The molecule has 0 aromatic carbocycles. The van der Waals surface area contributed by atoms with Gasteiger partial charge in [-0.3, -0.25) is 9.59 Å². The summed E-state index contributed by atoms with van der Waals surface area (Å²) in [7, 11) is 0. The number of hydrogen-bond donors (Lipinski definition) is 1. The molecule has 4 rings (SSSR count). The highest BCUT2D eigenvalue weighted by Crippen LogP contribution is 2.38. The molecule has 1 N–H and O–H groups in total. The van der Waals surface area contributed by atoms with Gasteiger partial charge in [-0.2, -0.15) is 5.10 Å². The molecule has 2 aliphatic rings. The third-order valence-corrected chi connectivity index (χ3v) is 5.40. The van der Waals surface area contributed by atoms with Crippen LogP contribution in [-0.4, -0.2) is 34.7 Å². The van der Waals surface area contributed by atoms with Crippen molar-refractivity contribution in [3.63, 3.8) is 0 Å². The molecule has 1 aliphatic carbocycles. The molecule has 7 nitrogen and oxygen atoms in total. The van der Waals surface area contributed by atoms with Crippen LogP contribution in [0.25, 0.3) is 0 Å². The second-order valence-corrected chi connectivity index (χ2v) is 8.38. The van der Waals surface area contributed by atoms with Gasteiger partial charge >= 0.3 is 0 Å². The molecule has 0 radical (unpaired) electrons. The number of carbonyl (C=O) groups excluding carboxylic acids is 2. The second kappa shape index (κ2) is 6.64. The summed E-state index contributed by atoms with van der Waals surface area (Å²) in [5.41, 5.74) is 1.05. The number of Topliss-reactive ketones (excluding diaryl/α,β-unsaturated/α-hetero) is 1. The molecule has 1 fully saturated rings. The zero-order valence-electron chi connectivity index (χ0n) is 16.0. The maximum atomic E-state index is 12.8. The van der Waals surface area contributed by atoms with Crippen molar-refractivity contribution in [2.45, 2.75) is 46.6 Å². The lowest BCUT2D eigenvalue weighted by molar-refractivity contribution is 0.0898. The fraction of sp³-hybridized carbons (Fsp3) is 0.550. The van der Waals surface area contributed by atoms with Crippen LogP contribution in [0.15, 0.2) is 16.7 Å². The third-order valence-electron chi connectivity index (χ3n) is 5.40. The first-order valence-electron chi connectivity index (χ1n) is 9.40. The first-order valence-corrected chi connectivity index (χ1v) is 9.40. The first-order chi connectivity index (χ1) is 12.8. The molecular formula is C20H25N3O4. The maximum Gasteiger partial charge on any atom is 0.292 e. The molecule has 27 heavy (non-hydrogen) atoms. The zero-order chi connectivity index (χ0) is 19.2. The van der Waals surface area contributed by atoms with Crippen LogP contribution in [0.3, 0.4) is 0 Å². The molecule has 1 saturated heterocycles. The molecule has 144 valence electrons. The molecule has 7 heteroatoms. The standard InChI is InChI=1S/C20H25N3O4/c1-12-17-14(24)8-20(2,3)9-15(17)27-18(12)19(25)22-16-4-6-21-23(16)10-13-5-7-26-11-13/h4,6,13H,5,7-11H2,1-3H3,(H,22,25). The van der Waals surface area contributed by atoms with Crippen LogP contribution in [0.5, 0.6) is 0 Å². The van der Waals surface area contributed by atoms with Gasteiger partial charge in [-0.05, 0) is 18.8 Å². The molecule has 0 bridgehead atoms. The Kier molecular flexibility index (Phi) is 4.42. The number of hydrogen-bond acceptors (Lipinski definition) is 5. The molecule has 0 saturated carbocycles. The van der Waals surface area contributed by atoms with E-state index in [1.807, 2.05) is 13.8 Å². The van der Waals surface area contributed by atoms with Crippen LogP contribution in [0.4, 0.5) is 5.82 Å². The summed E-state index contributed by atoms with van der Waals surface area (Å²) in [6, 6.07) is 1.76. The lowest BCUT2D eigenvalue weighted by Crippen LogP contribution is -2.26. The van der Waals surface area contributed by atoms with Gasteiger partial charge in [0.25, 0.3) is 5.91 Å².